The first kappa shape index (κ1) is 23.8. The van der Waals surface area contributed by atoms with Gasteiger partial charge >= 0.3 is 0 Å². The maximum atomic E-state index is 13.4. The smallest absolute Gasteiger partial charge is 0.147 e. The van der Waals surface area contributed by atoms with E-state index in [4.69, 9.17) is 23.2 Å². The summed E-state index contributed by atoms with van der Waals surface area (Å²) in [6, 6.07) is 12.6. The van der Waals surface area contributed by atoms with Crippen molar-refractivity contribution >= 4 is 29.0 Å². The molecule has 2 atom stereocenters. The predicted molar refractivity (Wildman–Crippen MR) is 136 cm³/mol. The molecule has 0 saturated heterocycles. The number of halogens is 2. The molecule has 2 aliphatic rings. The molecule has 2 aliphatic carbocycles. The van der Waals surface area contributed by atoms with Gasteiger partial charge in [-0.05, 0) is 71.9 Å². The Morgan fingerprint density at radius 2 is 1.06 bits per heavy atom. The lowest BCUT2D eigenvalue weighted by molar-refractivity contribution is -0.121. The van der Waals surface area contributed by atoms with Crippen LogP contribution in [0.5, 0.6) is 0 Å². The van der Waals surface area contributed by atoms with Crippen molar-refractivity contribution in [1.82, 2.24) is 0 Å². The van der Waals surface area contributed by atoms with E-state index in [1.165, 1.54) is 75.3 Å². The van der Waals surface area contributed by atoms with Crippen LogP contribution in [-0.4, -0.2) is 5.78 Å². The van der Waals surface area contributed by atoms with Crippen LogP contribution in [0.25, 0.3) is 0 Å². The van der Waals surface area contributed by atoms with E-state index in [9.17, 15) is 4.79 Å². The lowest BCUT2D eigenvalue weighted by Gasteiger charge is -2.25. The highest BCUT2D eigenvalue weighted by Gasteiger charge is 2.26. The Morgan fingerprint density at radius 1 is 0.688 bits per heavy atom. The van der Waals surface area contributed by atoms with Gasteiger partial charge in [-0.25, -0.2) is 0 Å². The minimum atomic E-state index is -0.195. The summed E-state index contributed by atoms with van der Waals surface area (Å²) in [7, 11) is 0. The molecule has 2 aromatic carbocycles. The zero-order valence-electron chi connectivity index (χ0n) is 19.5. The van der Waals surface area contributed by atoms with Crippen molar-refractivity contribution in [2.45, 2.75) is 102 Å². The zero-order valence-corrected chi connectivity index (χ0v) is 21.0. The Morgan fingerprint density at radius 3 is 1.41 bits per heavy atom. The van der Waals surface area contributed by atoms with Gasteiger partial charge < -0.3 is 0 Å². The molecule has 0 amide bonds. The Labute approximate surface area is 203 Å². The first-order valence-electron chi connectivity index (χ1n) is 12.6. The van der Waals surface area contributed by atoms with E-state index in [2.05, 4.69) is 24.3 Å². The molecule has 4 rings (SSSR count). The van der Waals surface area contributed by atoms with Crippen LogP contribution in [0.1, 0.15) is 124 Å². The Kier molecular flexibility index (Phi) is 8.00. The highest BCUT2D eigenvalue weighted by Crippen LogP contribution is 2.39. The van der Waals surface area contributed by atoms with E-state index < -0.39 is 0 Å². The Balaban J connectivity index is 1.47. The van der Waals surface area contributed by atoms with Crippen LogP contribution in [0, 0.1) is 0 Å². The molecule has 3 heteroatoms. The molecular formula is C29H36Cl2O. The average Bonchev–Trinajstić information content (AvgIpc) is 2.83. The van der Waals surface area contributed by atoms with E-state index in [-0.39, 0.29) is 17.6 Å². The third kappa shape index (κ3) is 5.26. The van der Waals surface area contributed by atoms with Crippen LogP contribution in [0.4, 0.5) is 0 Å². The second-order valence-electron chi connectivity index (χ2n) is 10.1. The summed E-state index contributed by atoms with van der Waals surface area (Å²) in [5.41, 5.74) is 4.54. The van der Waals surface area contributed by atoms with Crippen molar-refractivity contribution in [2.75, 3.05) is 0 Å². The van der Waals surface area contributed by atoms with Gasteiger partial charge in [0, 0.05) is 21.9 Å². The van der Waals surface area contributed by atoms with Gasteiger partial charge in [-0.15, -0.1) is 0 Å². The number of rotatable bonds is 6. The molecular weight excluding hydrogens is 435 g/mol. The quantitative estimate of drug-likeness (QED) is 0.410. The van der Waals surface area contributed by atoms with Gasteiger partial charge in [0.25, 0.3) is 0 Å². The van der Waals surface area contributed by atoms with Crippen LogP contribution in [-0.2, 0) is 4.79 Å². The standard InChI is InChI=1S/C29H36Cl2O/c1-19(23-13-15-25(27(30)17-23)21-9-5-3-6-10-21)29(32)20(2)24-14-16-26(28(31)18-24)22-11-7-4-8-12-22/h13-22H,3-12H2,1-2H3. The number of carbonyl (C=O) groups excluding carboxylic acids is 1. The predicted octanol–water partition coefficient (Wildman–Crippen LogP) is 9.57. The van der Waals surface area contributed by atoms with Crippen LogP contribution >= 0.6 is 23.2 Å². The molecule has 32 heavy (non-hydrogen) atoms. The monoisotopic (exact) mass is 470 g/mol. The third-order valence-electron chi connectivity index (χ3n) is 7.99. The van der Waals surface area contributed by atoms with Gasteiger partial charge in [-0.2, -0.15) is 0 Å². The van der Waals surface area contributed by atoms with Crippen LogP contribution in [0.15, 0.2) is 36.4 Å². The van der Waals surface area contributed by atoms with Crippen molar-refractivity contribution in [3.8, 4) is 0 Å². The number of carbonyl (C=O) groups is 1. The fourth-order valence-corrected chi connectivity index (χ4v) is 6.50. The molecule has 1 nitrogen and oxygen atoms in total. The summed E-state index contributed by atoms with van der Waals surface area (Å²) in [5.74, 6) is 0.965. The van der Waals surface area contributed by atoms with Crippen molar-refractivity contribution in [2.24, 2.45) is 0 Å². The second-order valence-corrected chi connectivity index (χ2v) is 10.9. The molecule has 0 bridgehead atoms. The zero-order chi connectivity index (χ0) is 22.7. The average molecular weight is 472 g/mol. The van der Waals surface area contributed by atoms with Gasteiger partial charge in [0.1, 0.15) is 5.78 Å². The minimum absolute atomic E-state index is 0.195. The SMILES string of the molecule is CC(C(=O)C(C)c1ccc(C2CCCCC2)c(Cl)c1)c1ccc(C2CCCCC2)c(Cl)c1. The van der Waals surface area contributed by atoms with E-state index in [1.807, 2.05) is 26.0 Å². The summed E-state index contributed by atoms with van der Waals surface area (Å²) < 4.78 is 0. The lowest BCUT2D eigenvalue weighted by atomic mass is 9.81. The molecule has 2 saturated carbocycles. The number of benzene rings is 2. The van der Waals surface area contributed by atoms with E-state index in [1.54, 1.807) is 0 Å². The summed E-state index contributed by atoms with van der Waals surface area (Å²) >= 11 is 13.4. The molecule has 0 spiro atoms. The van der Waals surface area contributed by atoms with E-state index in [0.717, 1.165) is 21.2 Å². The first-order valence-corrected chi connectivity index (χ1v) is 13.3. The molecule has 172 valence electrons. The van der Waals surface area contributed by atoms with Crippen molar-refractivity contribution in [3.05, 3.63) is 68.7 Å². The molecule has 2 unspecified atom stereocenters. The summed E-state index contributed by atoms with van der Waals surface area (Å²) in [6.07, 6.45) is 12.7. The van der Waals surface area contributed by atoms with Crippen LogP contribution in [0.3, 0.4) is 0 Å². The topological polar surface area (TPSA) is 17.1 Å². The second kappa shape index (κ2) is 10.7. The Bertz CT molecular complexity index is 863. The molecule has 2 aromatic rings. The summed E-state index contributed by atoms with van der Waals surface area (Å²) in [4.78, 5) is 13.4. The van der Waals surface area contributed by atoms with Gasteiger partial charge in [0.15, 0.2) is 0 Å². The van der Waals surface area contributed by atoms with E-state index >= 15 is 0 Å². The van der Waals surface area contributed by atoms with Crippen molar-refractivity contribution < 1.29 is 4.79 Å². The number of Topliss-reactive ketones (excluding diaryl/α,β-unsaturated/α-hetero) is 1. The number of hydrogen-bond donors (Lipinski definition) is 0. The molecule has 2 fully saturated rings. The van der Waals surface area contributed by atoms with Crippen LogP contribution < -0.4 is 0 Å². The lowest BCUT2D eigenvalue weighted by Crippen LogP contribution is -2.17. The highest BCUT2D eigenvalue weighted by atomic mass is 35.5. The molecule has 0 heterocycles. The van der Waals surface area contributed by atoms with Gasteiger partial charge in [-0.3, -0.25) is 4.79 Å². The summed E-state index contributed by atoms with van der Waals surface area (Å²) in [6.45, 7) is 4.01. The fraction of sp³-hybridized carbons (Fsp3) is 0.552. The van der Waals surface area contributed by atoms with Gasteiger partial charge in [-0.1, -0.05) is 99.8 Å². The first-order chi connectivity index (χ1) is 15.5. The molecule has 0 N–H and O–H groups in total. The van der Waals surface area contributed by atoms with Crippen molar-refractivity contribution in [3.63, 3.8) is 0 Å². The Hall–Kier alpha value is -1.31. The highest BCUT2D eigenvalue weighted by molar-refractivity contribution is 6.32. The minimum Gasteiger partial charge on any atom is -0.298 e. The molecule has 0 aromatic heterocycles. The normalized spacial score (nSPS) is 20.1. The number of hydrogen-bond acceptors (Lipinski definition) is 1. The largest absolute Gasteiger partial charge is 0.298 e. The maximum absolute atomic E-state index is 13.4. The fourth-order valence-electron chi connectivity index (χ4n) is 5.82. The summed E-state index contributed by atoms with van der Waals surface area (Å²) in [5, 5.41) is 1.64. The van der Waals surface area contributed by atoms with Gasteiger partial charge in [0.2, 0.25) is 0 Å². The van der Waals surface area contributed by atoms with Gasteiger partial charge in [0.05, 0.1) is 0 Å². The third-order valence-corrected chi connectivity index (χ3v) is 8.65. The van der Waals surface area contributed by atoms with Crippen molar-refractivity contribution in [1.29, 1.82) is 0 Å². The number of ketones is 1. The molecule has 0 aliphatic heterocycles. The van der Waals surface area contributed by atoms with E-state index in [0.29, 0.717) is 11.8 Å². The maximum Gasteiger partial charge on any atom is 0.147 e. The van der Waals surface area contributed by atoms with Crippen LogP contribution in [0.2, 0.25) is 10.0 Å². The molecule has 0 radical (unpaired) electrons.